The lowest BCUT2D eigenvalue weighted by Crippen LogP contribution is -2.50. The Balaban J connectivity index is 1.55. The van der Waals surface area contributed by atoms with E-state index >= 15 is 0 Å². The molecule has 0 spiro atoms. The van der Waals surface area contributed by atoms with E-state index in [0.29, 0.717) is 18.2 Å². The highest BCUT2D eigenvalue weighted by Crippen LogP contribution is 2.36. The number of pyridine rings is 1. The summed E-state index contributed by atoms with van der Waals surface area (Å²) in [6, 6.07) is 2.87. The van der Waals surface area contributed by atoms with E-state index in [-0.39, 0.29) is 32.0 Å². The maximum absolute atomic E-state index is 12.9. The van der Waals surface area contributed by atoms with Crippen LogP contribution in [0, 0.1) is 6.92 Å². The first kappa shape index (κ1) is 23.3. The first-order valence-electron chi connectivity index (χ1n) is 11.4. The van der Waals surface area contributed by atoms with Crippen LogP contribution in [-0.2, 0) is 19.5 Å². The number of hydrogen-bond donors (Lipinski definition) is 1. The maximum atomic E-state index is 12.9. The van der Waals surface area contributed by atoms with Crippen molar-refractivity contribution in [2.45, 2.75) is 76.1 Å². The molecular weight excluding hydrogens is 434 g/mol. The van der Waals surface area contributed by atoms with Gasteiger partial charge in [0.2, 0.25) is 15.9 Å². The van der Waals surface area contributed by atoms with E-state index in [0.717, 1.165) is 43.2 Å². The number of hydrogen-bond acceptors (Lipinski definition) is 7. The number of sulfonamides is 1. The molecule has 178 valence electrons. The average Bonchev–Trinajstić information content (AvgIpc) is 3.03. The van der Waals surface area contributed by atoms with Crippen molar-refractivity contribution >= 4 is 16.1 Å². The summed E-state index contributed by atoms with van der Waals surface area (Å²) in [5.41, 5.74) is 2.22. The number of amides is 1. The molecule has 3 atom stereocenters. The molecule has 0 radical (unpaired) electrons. The second-order valence-corrected chi connectivity index (χ2v) is 11.0. The monoisotopic (exact) mass is 467 g/mol. The Hall–Kier alpha value is -1.91. The normalized spacial score (nSPS) is 31.7. The second-order valence-electron chi connectivity index (χ2n) is 9.18. The number of aryl methyl sites for hydroxylation is 1. The zero-order chi connectivity index (χ0) is 22.9. The van der Waals surface area contributed by atoms with Gasteiger partial charge >= 0.3 is 6.09 Å². The Bertz CT molecular complexity index is 932. The molecule has 5 rings (SSSR count). The Kier molecular flexibility index (Phi) is 6.92. The van der Waals surface area contributed by atoms with Crippen molar-refractivity contribution in [3.05, 3.63) is 23.4 Å². The van der Waals surface area contributed by atoms with Crippen LogP contribution >= 0.6 is 0 Å². The highest BCUT2D eigenvalue weighted by Gasteiger charge is 2.44. The second kappa shape index (κ2) is 9.52. The quantitative estimate of drug-likeness (QED) is 0.711. The molecule has 1 aromatic heterocycles. The van der Waals surface area contributed by atoms with Crippen molar-refractivity contribution in [1.82, 2.24) is 14.6 Å². The lowest BCUT2D eigenvalue weighted by molar-refractivity contribution is -0.0118. The van der Waals surface area contributed by atoms with Crippen LogP contribution in [0.3, 0.4) is 0 Å². The van der Waals surface area contributed by atoms with Crippen molar-refractivity contribution in [3.63, 3.8) is 0 Å². The number of ether oxygens (including phenoxy) is 3. The third-order valence-corrected chi connectivity index (χ3v) is 7.43. The smallest absolute Gasteiger partial charge is 0.410 e. The molecule has 1 N–H and O–H groups in total. The number of nitrogens with zero attached hydrogens (tertiary/aromatic N) is 2. The SMILES string of the molecule is Cc1ccc2nc1C1CCC(CC1)OCC1[C@@H](NS(C)(=O)=O)C[C@@H](C)N1C(=O)OCCO2. The van der Waals surface area contributed by atoms with Gasteiger partial charge in [-0.2, -0.15) is 0 Å². The lowest BCUT2D eigenvalue weighted by atomic mass is 9.83. The molecule has 1 aliphatic carbocycles. The van der Waals surface area contributed by atoms with E-state index in [1.807, 2.05) is 19.1 Å². The van der Waals surface area contributed by atoms with Gasteiger partial charge in [0.25, 0.3) is 0 Å². The van der Waals surface area contributed by atoms with Crippen molar-refractivity contribution < 1.29 is 27.4 Å². The van der Waals surface area contributed by atoms with Crippen molar-refractivity contribution in [2.24, 2.45) is 0 Å². The fourth-order valence-electron chi connectivity index (χ4n) is 5.18. The molecule has 1 aromatic rings. The summed E-state index contributed by atoms with van der Waals surface area (Å²) in [6.07, 6.45) is 4.97. The zero-order valence-electron chi connectivity index (χ0n) is 19.0. The number of carbonyl (C=O) groups excluding carboxylic acids is 1. The van der Waals surface area contributed by atoms with Crippen LogP contribution in [0.15, 0.2) is 12.1 Å². The fraction of sp³-hybridized carbons (Fsp3) is 0.727. The van der Waals surface area contributed by atoms with Gasteiger partial charge in [0.1, 0.15) is 13.2 Å². The van der Waals surface area contributed by atoms with Crippen molar-refractivity contribution in [2.75, 3.05) is 26.1 Å². The van der Waals surface area contributed by atoms with Gasteiger partial charge < -0.3 is 14.2 Å². The lowest BCUT2D eigenvalue weighted by Gasteiger charge is -2.33. The first-order chi connectivity index (χ1) is 15.2. The van der Waals surface area contributed by atoms with Gasteiger partial charge in [-0.1, -0.05) is 6.07 Å². The average molecular weight is 468 g/mol. The molecular formula is C22H33N3O6S. The summed E-state index contributed by atoms with van der Waals surface area (Å²) >= 11 is 0. The maximum Gasteiger partial charge on any atom is 0.410 e. The summed E-state index contributed by atoms with van der Waals surface area (Å²) in [5.74, 6) is 0.906. The number of aromatic nitrogens is 1. The highest BCUT2D eigenvalue weighted by atomic mass is 32.2. The van der Waals surface area contributed by atoms with Gasteiger partial charge in [0, 0.05) is 24.1 Å². The Morgan fingerprint density at radius 1 is 1.12 bits per heavy atom. The standard InChI is InChI=1S/C22H33N3O6S/c1-14-4-9-20-23-21(14)16-5-7-17(8-6-16)31-13-19-18(24-32(3,27)28)12-15(2)25(19)22(26)30-11-10-29-20/h4,9,15-19,24H,5-8,10-13H2,1-3H3/t15-,16?,17?,18+,19?/m1/s1. The number of nitrogens with one attached hydrogen (secondary N) is 1. The van der Waals surface area contributed by atoms with Crippen molar-refractivity contribution in [3.8, 4) is 5.88 Å². The molecule has 4 aliphatic rings. The van der Waals surface area contributed by atoms with Crippen LogP contribution < -0.4 is 9.46 Å². The van der Waals surface area contributed by atoms with Gasteiger partial charge in [0.15, 0.2) is 0 Å². The van der Waals surface area contributed by atoms with E-state index in [9.17, 15) is 13.2 Å². The van der Waals surface area contributed by atoms with E-state index < -0.39 is 28.2 Å². The van der Waals surface area contributed by atoms with E-state index in [4.69, 9.17) is 19.2 Å². The number of rotatable bonds is 2. The zero-order valence-corrected chi connectivity index (χ0v) is 19.8. The predicted octanol–water partition coefficient (Wildman–Crippen LogP) is 2.34. The van der Waals surface area contributed by atoms with Gasteiger partial charge in [-0.3, -0.25) is 4.90 Å². The minimum atomic E-state index is -3.42. The van der Waals surface area contributed by atoms with Crippen LogP contribution in [0.2, 0.25) is 0 Å². The Morgan fingerprint density at radius 2 is 1.84 bits per heavy atom. The largest absolute Gasteiger partial charge is 0.474 e. The Morgan fingerprint density at radius 3 is 2.56 bits per heavy atom. The number of carbonyl (C=O) groups is 1. The van der Waals surface area contributed by atoms with Crippen LogP contribution in [-0.4, -0.2) is 74.7 Å². The molecule has 1 unspecified atom stereocenters. The van der Waals surface area contributed by atoms with E-state index in [1.54, 1.807) is 4.90 Å². The van der Waals surface area contributed by atoms with Crippen molar-refractivity contribution in [1.29, 1.82) is 0 Å². The molecule has 1 amide bonds. The summed E-state index contributed by atoms with van der Waals surface area (Å²) in [4.78, 5) is 19.2. The highest BCUT2D eigenvalue weighted by molar-refractivity contribution is 7.88. The molecule has 2 fully saturated rings. The summed E-state index contributed by atoms with van der Waals surface area (Å²) in [7, 11) is -3.42. The Labute approximate surface area is 189 Å². The molecule has 4 heterocycles. The minimum Gasteiger partial charge on any atom is -0.474 e. The molecule has 10 heteroatoms. The molecule has 32 heavy (non-hydrogen) atoms. The van der Waals surface area contributed by atoms with Crippen LogP contribution in [0.25, 0.3) is 0 Å². The third-order valence-electron chi connectivity index (χ3n) is 6.70. The minimum absolute atomic E-state index is 0.0755. The first-order valence-corrected chi connectivity index (χ1v) is 13.2. The summed E-state index contributed by atoms with van der Waals surface area (Å²) < 4.78 is 44.0. The van der Waals surface area contributed by atoms with Gasteiger partial charge in [0.05, 0.1) is 30.7 Å². The van der Waals surface area contributed by atoms with Gasteiger partial charge in [-0.05, 0) is 51.5 Å². The molecule has 4 bridgehead atoms. The van der Waals surface area contributed by atoms with E-state index in [2.05, 4.69) is 11.6 Å². The van der Waals surface area contributed by atoms with Gasteiger partial charge in [-0.25, -0.2) is 22.9 Å². The predicted molar refractivity (Wildman–Crippen MR) is 118 cm³/mol. The molecule has 9 nitrogen and oxygen atoms in total. The molecule has 0 aromatic carbocycles. The molecule has 3 aliphatic heterocycles. The fourth-order valence-corrected chi connectivity index (χ4v) is 5.98. The van der Waals surface area contributed by atoms with Crippen LogP contribution in [0.1, 0.15) is 56.2 Å². The molecule has 1 saturated carbocycles. The van der Waals surface area contributed by atoms with Gasteiger partial charge in [-0.15, -0.1) is 0 Å². The topological polar surface area (TPSA) is 107 Å². The van der Waals surface area contributed by atoms with E-state index in [1.165, 1.54) is 0 Å². The number of fused-ring (bicyclic) bond motifs is 7. The third kappa shape index (κ3) is 5.35. The molecule has 1 saturated heterocycles. The summed E-state index contributed by atoms with van der Waals surface area (Å²) in [5, 5.41) is 0. The summed E-state index contributed by atoms with van der Waals surface area (Å²) in [6.45, 7) is 4.51. The van der Waals surface area contributed by atoms with Crippen LogP contribution in [0.4, 0.5) is 4.79 Å². The van der Waals surface area contributed by atoms with Crippen LogP contribution in [0.5, 0.6) is 5.88 Å².